The van der Waals surface area contributed by atoms with Crippen LogP contribution in [-0.4, -0.2) is 54.3 Å². The van der Waals surface area contributed by atoms with Crippen molar-refractivity contribution in [2.75, 3.05) is 33.2 Å². The molecule has 1 aromatic heterocycles. The smallest absolute Gasteiger partial charge is 0.210 e. The Balaban J connectivity index is 1.63. The van der Waals surface area contributed by atoms with Crippen LogP contribution in [-0.2, 0) is 12.8 Å². The van der Waals surface area contributed by atoms with Crippen molar-refractivity contribution in [2.24, 2.45) is 4.99 Å². The molecular weight excluding hydrogens is 244 g/mol. The molecule has 2 aliphatic rings. The lowest BCUT2D eigenvalue weighted by Gasteiger charge is -2.30. The van der Waals surface area contributed by atoms with Gasteiger partial charge in [0, 0.05) is 31.1 Å². The number of aliphatic imine (C=N–C) groups is 1. The molecule has 98 valence electrons. The Hall–Kier alpha value is -0.940. The summed E-state index contributed by atoms with van der Waals surface area (Å²) in [6, 6.07) is 0. The first-order chi connectivity index (χ1) is 8.81. The zero-order valence-corrected chi connectivity index (χ0v) is 11.7. The highest BCUT2D eigenvalue weighted by molar-refractivity contribution is 7.15. The van der Waals surface area contributed by atoms with Crippen LogP contribution in [0.15, 0.2) is 4.99 Å². The number of hydrogen-bond donors (Lipinski definition) is 0. The molecule has 1 aliphatic heterocycles. The van der Waals surface area contributed by atoms with Crippen molar-refractivity contribution in [3.63, 3.8) is 0 Å². The van der Waals surface area contributed by atoms with Gasteiger partial charge in [-0.25, -0.2) is 9.98 Å². The Kier molecular flexibility index (Phi) is 3.61. The molecule has 2 heterocycles. The maximum absolute atomic E-state index is 4.63. The van der Waals surface area contributed by atoms with E-state index in [1.807, 2.05) is 6.34 Å². The van der Waals surface area contributed by atoms with Gasteiger partial charge < -0.3 is 9.80 Å². The molecule has 3 rings (SSSR count). The number of aryl methyl sites for hydroxylation is 2. The van der Waals surface area contributed by atoms with Crippen LogP contribution < -0.4 is 0 Å². The standard InChI is InChI=1S/C13H20N4S/c1-16-6-8-17(9-7-16)10-14-13-15-11-4-2-3-5-12(11)18-13/h10H,2-9H2,1H3. The van der Waals surface area contributed by atoms with Gasteiger partial charge in [-0.05, 0) is 32.7 Å². The SMILES string of the molecule is CN1CCN(C=Nc2nc3c(s2)CCCC3)CC1. The third kappa shape index (κ3) is 2.72. The quantitative estimate of drug-likeness (QED) is 0.604. The first-order valence-electron chi connectivity index (χ1n) is 6.76. The highest BCUT2D eigenvalue weighted by Gasteiger charge is 2.15. The topological polar surface area (TPSA) is 31.7 Å². The van der Waals surface area contributed by atoms with E-state index in [1.165, 1.54) is 29.8 Å². The minimum absolute atomic E-state index is 0.945. The normalized spacial score (nSPS) is 21.5. The van der Waals surface area contributed by atoms with Crippen molar-refractivity contribution < 1.29 is 0 Å². The largest absolute Gasteiger partial charge is 0.360 e. The van der Waals surface area contributed by atoms with Crippen molar-refractivity contribution in [3.8, 4) is 0 Å². The van der Waals surface area contributed by atoms with E-state index in [1.54, 1.807) is 11.3 Å². The number of likely N-dealkylation sites (N-methyl/N-ethyl adjacent to an activating group) is 1. The predicted molar refractivity (Wildman–Crippen MR) is 76.0 cm³/mol. The van der Waals surface area contributed by atoms with Gasteiger partial charge in [0.2, 0.25) is 5.13 Å². The number of hydrogen-bond acceptors (Lipinski definition) is 4. The van der Waals surface area contributed by atoms with Crippen molar-refractivity contribution in [3.05, 3.63) is 10.6 Å². The minimum atomic E-state index is 0.945. The Morgan fingerprint density at radius 3 is 2.72 bits per heavy atom. The number of aromatic nitrogens is 1. The van der Waals surface area contributed by atoms with Crippen LogP contribution >= 0.6 is 11.3 Å². The van der Waals surface area contributed by atoms with Crippen molar-refractivity contribution in [1.29, 1.82) is 0 Å². The molecule has 0 N–H and O–H groups in total. The van der Waals surface area contributed by atoms with Gasteiger partial charge in [0.1, 0.15) is 0 Å². The highest BCUT2D eigenvalue weighted by atomic mass is 32.1. The molecule has 5 heteroatoms. The lowest BCUT2D eigenvalue weighted by molar-refractivity contribution is 0.219. The van der Waals surface area contributed by atoms with Gasteiger partial charge in [0.25, 0.3) is 0 Å². The van der Waals surface area contributed by atoms with Gasteiger partial charge in [-0.1, -0.05) is 11.3 Å². The van der Waals surface area contributed by atoms with Crippen LogP contribution in [0.5, 0.6) is 0 Å². The number of rotatable bonds is 2. The Labute approximate surface area is 112 Å². The minimum Gasteiger partial charge on any atom is -0.360 e. The predicted octanol–water partition coefficient (Wildman–Crippen LogP) is 1.93. The average molecular weight is 264 g/mol. The van der Waals surface area contributed by atoms with Gasteiger partial charge in [-0.2, -0.15) is 0 Å². The molecule has 1 saturated heterocycles. The second kappa shape index (κ2) is 5.36. The molecule has 0 spiro atoms. The van der Waals surface area contributed by atoms with Gasteiger partial charge in [0.05, 0.1) is 12.0 Å². The van der Waals surface area contributed by atoms with E-state index >= 15 is 0 Å². The summed E-state index contributed by atoms with van der Waals surface area (Å²) in [5, 5.41) is 0.945. The number of thiazole rings is 1. The van der Waals surface area contributed by atoms with Crippen LogP contribution in [0.3, 0.4) is 0 Å². The molecule has 0 bridgehead atoms. The van der Waals surface area contributed by atoms with Crippen molar-refractivity contribution in [2.45, 2.75) is 25.7 Å². The van der Waals surface area contributed by atoms with E-state index in [0.717, 1.165) is 37.7 Å². The number of piperazine rings is 1. The summed E-state index contributed by atoms with van der Waals surface area (Å²) < 4.78 is 0. The third-order valence-electron chi connectivity index (χ3n) is 3.70. The average Bonchev–Trinajstić information content (AvgIpc) is 2.81. The van der Waals surface area contributed by atoms with Gasteiger partial charge in [0.15, 0.2) is 0 Å². The van der Waals surface area contributed by atoms with E-state index in [9.17, 15) is 0 Å². The highest BCUT2D eigenvalue weighted by Crippen LogP contribution is 2.30. The van der Waals surface area contributed by atoms with Crippen LogP contribution in [0.25, 0.3) is 0 Å². The van der Waals surface area contributed by atoms with Crippen LogP contribution in [0.2, 0.25) is 0 Å². The Morgan fingerprint density at radius 2 is 1.94 bits per heavy atom. The molecule has 18 heavy (non-hydrogen) atoms. The lowest BCUT2D eigenvalue weighted by Crippen LogP contribution is -2.43. The molecule has 1 aromatic rings. The monoisotopic (exact) mass is 264 g/mol. The van der Waals surface area contributed by atoms with E-state index in [-0.39, 0.29) is 0 Å². The molecule has 0 unspecified atom stereocenters. The van der Waals surface area contributed by atoms with Gasteiger partial charge in [-0.15, -0.1) is 0 Å². The maximum atomic E-state index is 4.63. The fourth-order valence-electron chi connectivity index (χ4n) is 2.46. The summed E-state index contributed by atoms with van der Waals surface area (Å²) in [6.07, 6.45) is 6.94. The maximum Gasteiger partial charge on any atom is 0.210 e. The Bertz CT molecular complexity index is 409. The zero-order chi connectivity index (χ0) is 12.4. The zero-order valence-electron chi connectivity index (χ0n) is 10.9. The molecule has 0 amide bonds. The van der Waals surface area contributed by atoms with Crippen LogP contribution in [0, 0.1) is 0 Å². The summed E-state index contributed by atoms with van der Waals surface area (Å²) >= 11 is 1.78. The Morgan fingerprint density at radius 1 is 1.17 bits per heavy atom. The summed E-state index contributed by atoms with van der Waals surface area (Å²) in [7, 11) is 2.17. The molecule has 0 atom stereocenters. The molecule has 1 aliphatic carbocycles. The second-order valence-electron chi connectivity index (χ2n) is 5.16. The second-order valence-corrected chi connectivity index (χ2v) is 6.22. The van der Waals surface area contributed by atoms with E-state index in [2.05, 4.69) is 26.8 Å². The number of fused-ring (bicyclic) bond motifs is 1. The summed E-state index contributed by atoms with van der Waals surface area (Å²) in [6.45, 7) is 4.40. The molecule has 1 fully saturated rings. The molecule has 4 nitrogen and oxygen atoms in total. The lowest BCUT2D eigenvalue weighted by atomic mass is 10.0. The summed E-state index contributed by atoms with van der Waals surface area (Å²) in [4.78, 5) is 15.3. The van der Waals surface area contributed by atoms with Crippen molar-refractivity contribution >= 4 is 22.8 Å². The number of nitrogens with zero attached hydrogens (tertiary/aromatic N) is 4. The van der Waals surface area contributed by atoms with E-state index in [0.29, 0.717) is 0 Å². The summed E-state index contributed by atoms with van der Waals surface area (Å²) in [5.74, 6) is 0. The fraction of sp³-hybridized carbons (Fsp3) is 0.692. The molecular formula is C13H20N4S. The van der Waals surface area contributed by atoms with Crippen LogP contribution in [0.1, 0.15) is 23.4 Å². The first kappa shape index (κ1) is 12.1. The van der Waals surface area contributed by atoms with E-state index in [4.69, 9.17) is 0 Å². The third-order valence-corrected chi connectivity index (χ3v) is 4.77. The molecule has 0 radical (unpaired) electrons. The molecule has 0 aromatic carbocycles. The molecule has 0 saturated carbocycles. The van der Waals surface area contributed by atoms with Crippen LogP contribution in [0.4, 0.5) is 5.13 Å². The fourth-order valence-corrected chi connectivity index (χ4v) is 3.45. The first-order valence-corrected chi connectivity index (χ1v) is 7.58. The van der Waals surface area contributed by atoms with E-state index < -0.39 is 0 Å². The van der Waals surface area contributed by atoms with Gasteiger partial charge >= 0.3 is 0 Å². The van der Waals surface area contributed by atoms with Crippen molar-refractivity contribution in [1.82, 2.24) is 14.8 Å². The van der Waals surface area contributed by atoms with Gasteiger partial charge in [-0.3, -0.25) is 0 Å². The summed E-state index contributed by atoms with van der Waals surface area (Å²) in [5.41, 5.74) is 1.30.